The second-order valence-electron chi connectivity index (χ2n) is 7.21. The van der Waals surface area contributed by atoms with Gasteiger partial charge in [-0.3, -0.25) is 0 Å². The second-order valence-corrected chi connectivity index (χ2v) is 7.48. The van der Waals surface area contributed by atoms with Crippen molar-refractivity contribution in [2.45, 2.75) is 82.6 Å². The van der Waals surface area contributed by atoms with Gasteiger partial charge in [-0.15, -0.1) is 0 Å². The van der Waals surface area contributed by atoms with Crippen LogP contribution in [0.15, 0.2) is 0 Å². The maximum absolute atomic E-state index is 9.77. The third kappa shape index (κ3) is 4.08. The topological polar surface area (TPSA) is 57.2 Å². The van der Waals surface area contributed by atoms with Crippen LogP contribution in [0.25, 0.3) is 0 Å². The molecule has 1 N–H and O–H groups in total. The summed E-state index contributed by atoms with van der Waals surface area (Å²) in [7, 11) is 2.40. The molecule has 0 spiro atoms. The number of rotatable bonds is 8. The summed E-state index contributed by atoms with van der Waals surface area (Å²) >= 11 is 0. The highest BCUT2D eigenvalue weighted by molar-refractivity contribution is 7.09. The molecular formula is C17H31O5P. The van der Waals surface area contributed by atoms with Crippen molar-refractivity contribution in [1.29, 1.82) is 0 Å². The van der Waals surface area contributed by atoms with Crippen molar-refractivity contribution in [3.05, 3.63) is 0 Å². The first-order valence-corrected chi connectivity index (χ1v) is 9.61. The van der Waals surface area contributed by atoms with E-state index in [0.29, 0.717) is 25.0 Å². The molecule has 2 heterocycles. The summed E-state index contributed by atoms with van der Waals surface area (Å²) in [6.07, 6.45) is 7.80. The molecule has 3 fully saturated rings. The van der Waals surface area contributed by atoms with Gasteiger partial charge in [-0.05, 0) is 24.7 Å². The summed E-state index contributed by atoms with van der Waals surface area (Å²) < 4.78 is 23.2. The first-order valence-electron chi connectivity index (χ1n) is 9.14. The highest BCUT2D eigenvalue weighted by atomic mass is 31.0. The van der Waals surface area contributed by atoms with Crippen molar-refractivity contribution in [3.63, 3.8) is 0 Å². The molecule has 6 heteroatoms. The molecule has 3 aliphatic rings. The fourth-order valence-corrected chi connectivity index (χ4v) is 4.91. The molecule has 0 amide bonds. The largest absolute Gasteiger partial charge is 0.368 e. The van der Waals surface area contributed by atoms with E-state index < -0.39 is 12.1 Å². The third-order valence-electron chi connectivity index (χ3n) is 5.78. The van der Waals surface area contributed by atoms with Gasteiger partial charge >= 0.3 is 0 Å². The van der Waals surface area contributed by atoms with Crippen molar-refractivity contribution in [3.8, 4) is 0 Å². The number of ether oxygens (including phenoxy) is 3. The molecule has 0 radical (unpaired) electrons. The van der Waals surface area contributed by atoms with Gasteiger partial charge < -0.3 is 23.8 Å². The molecule has 2 aliphatic heterocycles. The minimum absolute atomic E-state index is 0.141. The Labute approximate surface area is 141 Å². The fraction of sp³-hybridized carbons (Fsp3) is 1.00. The van der Waals surface area contributed by atoms with E-state index in [2.05, 4.69) is 16.4 Å². The zero-order valence-corrected chi connectivity index (χ0v) is 15.3. The Kier molecular flexibility index (Phi) is 6.33. The van der Waals surface area contributed by atoms with Gasteiger partial charge in [0.2, 0.25) is 0 Å². The van der Waals surface area contributed by atoms with Gasteiger partial charge in [0, 0.05) is 35.2 Å². The molecule has 0 aromatic heterocycles. The van der Waals surface area contributed by atoms with Crippen LogP contribution in [0.2, 0.25) is 0 Å². The smallest absolute Gasteiger partial charge is 0.168 e. The van der Waals surface area contributed by atoms with Crippen molar-refractivity contribution in [1.82, 2.24) is 0 Å². The molecule has 3 rings (SSSR count). The zero-order chi connectivity index (χ0) is 16.3. The van der Waals surface area contributed by atoms with E-state index in [1.165, 1.54) is 12.8 Å². The lowest BCUT2D eigenvalue weighted by Crippen LogP contribution is -2.33. The summed E-state index contributed by atoms with van der Waals surface area (Å²) in [6, 6.07) is 0. The molecule has 134 valence electrons. The van der Waals surface area contributed by atoms with E-state index >= 15 is 0 Å². The van der Waals surface area contributed by atoms with Gasteiger partial charge in [-0.2, -0.15) is 0 Å². The minimum atomic E-state index is -0.601. The average Bonchev–Trinajstić information content (AvgIpc) is 3.20. The van der Waals surface area contributed by atoms with Crippen LogP contribution in [0.5, 0.6) is 0 Å². The predicted octanol–water partition coefficient (Wildman–Crippen LogP) is 3.01. The summed E-state index contributed by atoms with van der Waals surface area (Å²) in [5.74, 6) is 0.409. The van der Waals surface area contributed by atoms with E-state index in [1.807, 2.05) is 0 Å². The lowest BCUT2D eigenvalue weighted by Gasteiger charge is -2.31. The van der Waals surface area contributed by atoms with Crippen LogP contribution in [-0.4, -0.2) is 42.6 Å². The van der Waals surface area contributed by atoms with Crippen LogP contribution in [0.1, 0.15) is 58.3 Å². The number of unbranched alkanes of at least 4 members (excludes halogenated alkanes) is 2. The quantitative estimate of drug-likeness (QED) is 0.541. The Morgan fingerprint density at radius 1 is 1.17 bits per heavy atom. The van der Waals surface area contributed by atoms with E-state index in [9.17, 15) is 5.11 Å². The van der Waals surface area contributed by atoms with Crippen molar-refractivity contribution < 1.29 is 23.8 Å². The standard InChI is InChI=1S/C17H31O5P/c1-2-3-4-6-17(19-8-9-20-17)7-5-12-13-10-16(18)21-14(13)11-15(12)22-23/h12-16,18H,2-11,23H2,1H3. The molecule has 0 aromatic carbocycles. The minimum Gasteiger partial charge on any atom is -0.368 e. The normalized spacial score (nSPS) is 39.0. The predicted molar refractivity (Wildman–Crippen MR) is 89.7 cm³/mol. The molecule has 2 saturated heterocycles. The van der Waals surface area contributed by atoms with E-state index in [0.717, 1.165) is 38.5 Å². The number of fused-ring (bicyclic) bond motifs is 1. The SMILES string of the molecule is CCCCCC1(CCC2C(OP)CC3OC(O)CC32)OCCO1. The Morgan fingerprint density at radius 2 is 1.96 bits per heavy atom. The van der Waals surface area contributed by atoms with Crippen LogP contribution < -0.4 is 0 Å². The number of hydrogen-bond donors (Lipinski definition) is 1. The molecule has 6 atom stereocenters. The van der Waals surface area contributed by atoms with Crippen LogP contribution >= 0.6 is 9.47 Å². The van der Waals surface area contributed by atoms with Crippen molar-refractivity contribution in [2.75, 3.05) is 13.2 Å². The van der Waals surface area contributed by atoms with E-state index in [-0.39, 0.29) is 12.2 Å². The third-order valence-corrected chi connectivity index (χ3v) is 6.13. The molecule has 23 heavy (non-hydrogen) atoms. The highest BCUT2D eigenvalue weighted by Gasteiger charge is 2.50. The van der Waals surface area contributed by atoms with Crippen molar-refractivity contribution >= 4 is 9.47 Å². The molecule has 0 bridgehead atoms. The fourth-order valence-electron chi connectivity index (χ4n) is 4.60. The lowest BCUT2D eigenvalue weighted by atomic mass is 9.86. The summed E-state index contributed by atoms with van der Waals surface area (Å²) in [4.78, 5) is 0. The van der Waals surface area contributed by atoms with Crippen LogP contribution in [0.4, 0.5) is 0 Å². The summed E-state index contributed by atoms with van der Waals surface area (Å²) in [5, 5.41) is 9.77. The van der Waals surface area contributed by atoms with Crippen LogP contribution in [0.3, 0.4) is 0 Å². The van der Waals surface area contributed by atoms with Gasteiger partial charge in [-0.1, -0.05) is 19.8 Å². The molecule has 1 saturated carbocycles. The average molecular weight is 346 g/mol. The molecular weight excluding hydrogens is 315 g/mol. The van der Waals surface area contributed by atoms with Gasteiger partial charge in [0.15, 0.2) is 12.1 Å². The van der Waals surface area contributed by atoms with Gasteiger partial charge in [0.05, 0.1) is 25.4 Å². The monoisotopic (exact) mass is 346 g/mol. The van der Waals surface area contributed by atoms with Crippen LogP contribution in [-0.2, 0) is 18.7 Å². The van der Waals surface area contributed by atoms with Gasteiger partial charge in [0.25, 0.3) is 0 Å². The summed E-state index contributed by atoms with van der Waals surface area (Å²) in [5.41, 5.74) is 0. The first-order chi connectivity index (χ1) is 11.2. The Balaban J connectivity index is 1.58. The first kappa shape index (κ1) is 18.0. The van der Waals surface area contributed by atoms with E-state index in [4.69, 9.17) is 18.7 Å². The molecule has 1 aliphatic carbocycles. The van der Waals surface area contributed by atoms with Gasteiger partial charge in [-0.25, -0.2) is 0 Å². The Bertz CT molecular complexity index is 374. The highest BCUT2D eigenvalue weighted by Crippen LogP contribution is 2.47. The number of aliphatic hydroxyl groups is 1. The lowest BCUT2D eigenvalue weighted by molar-refractivity contribution is -0.171. The van der Waals surface area contributed by atoms with Gasteiger partial charge in [0.1, 0.15) is 0 Å². The second kappa shape index (κ2) is 8.07. The Hall–Kier alpha value is 0.230. The molecule has 0 aromatic rings. The summed E-state index contributed by atoms with van der Waals surface area (Å²) in [6.45, 7) is 3.62. The zero-order valence-electron chi connectivity index (χ0n) is 14.1. The maximum Gasteiger partial charge on any atom is 0.168 e. The van der Waals surface area contributed by atoms with Crippen LogP contribution in [0, 0.1) is 11.8 Å². The maximum atomic E-state index is 9.77. The molecule has 5 nitrogen and oxygen atoms in total. The van der Waals surface area contributed by atoms with E-state index in [1.54, 1.807) is 0 Å². The van der Waals surface area contributed by atoms with Crippen molar-refractivity contribution in [2.24, 2.45) is 11.8 Å². The Morgan fingerprint density at radius 3 is 2.65 bits per heavy atom. The number of aliphatic hydroxyl groups excluding tert-OH is 1. The molecule has 6 unspecified atom stereocenters. The number of hydrogen-bond acceptors (Lipinski definition) is 5.